The van der Waals surface area contributed by atoms with Crippen molar-refractivity contribution in [3.05, 3.63) is 89.6 Å². The zero-order chi connectivity index (χ0) is 16.7. The number of hydrogen-bond acceptors (Lipinski definition) is 1. The number of benzene rings is 2. The normalized spacial score (nSPS) is 10.3. The molecule has 0 unspecified atom stereocenters. The van der Waals surface area contributed by atoms with Gasteiger partial charge in [-0.3, -0.25) is 4.98 Å². The minimum atomic E-state index is 0. The van der Waals surface area contributed by atoms with Crippen molar-refractivity contribution in [3.63, 3.8) is 0 Å². The van der Waals surface area contributed by atoms with Crippen molar-refractivity contribution in [2.45, 2.75) is 13.8 Å². The molecule has 0 saturated heterocycles. The van der Waals surface area contributed by atoms with Crippen LogP contribution in [-0.4, -0.2) is 10.7 Å². The van der Waals surface area contributed by atoms with Crippen molar-refractivity contribution in [2.75, 3.05) is 0 Å². The molecule has 0 amide bonds. The van der Waals surface area contributed by atoms with E-state index >= 15 is 0 Å². The Hall–Kier alpha value is -2.29. The number of pyridine rings is 1. The van der Waals surface area contributed by atoms with Crippen LogP contribution in [0.3, 0.4) is 0 Å². The molecule has 122 valence electrons. The van der Waals surface area contributed by atoms with E-state index in [1.807, 2.05) is 48.5 Å². The van der Waals surface area contributed by atoms with Gasteiger partial charge in [-0.25, -0.2) is 0 Å². The first kappa shape index (κ1) is 19.8. The number of hydrogen-bond donors (Lipinski definition) is 0. The van der Waals surface area contributed by atoms with Crippen LogP contribution in [0, 0.1) is 6.07 Å². The average Bonchev–Trinajstić information content (AvgIpc) is 2.54. The zero-order valence-corrected chi connectivity index (χ0v) is 16.0. The number of nitrogens with one attached hydrogen (secondary N) is 1. The fourth-order valence-electron chi connectivity index (χ4n) is 2.08. The largest absolute Gasteiger partial charge is 3.00 e. The fourth-order valence-corrected chi connectivity index (χ4v) is 2.08. The number of allylic oxidation sites excluding steroid dienone is 2. The van der Waals surface area contributed by atoms with E-state index in [0.717, 1.165) is 16.8 Å². The summed E-state index contributed by atoms with van der Waals surface area (Å²) in [5, 5.41) is 9.61. The van der Waals surface area contributed by atoms with Gasteiger partial charge in [-0.2, -0.15) is 11.4 Å². The standard InChI is InChI=1S/C15H10N.C5H8N2.Ir/c1-2-6-12(7-3-1)15-11-10-13-8-4-5-9-14(13)16-15;1-4(6)3-5(2)7;/h1-6,8-11H;3,6H,1-2H3;/q-1;-2;+3/b;4-3-;. The van der Waals surface area contributed by atoms with Crippen LogP contribution in [-0.2, 0) is 20.1 Å². The van der Waals surface area contributed by atoms with Gasteiger partial charge in [0.15, 0.2) is 0 Å². The van der Waals surface area contributed by atoms with Crippen molar-refractivity contribution in [1.29, 1.82) is 0 Å². The van der Waals surface area contributed by atoms with Gasteiger partial charge < -0.3 is 11.1 Å². The second-order valence-corrected chi connectivity index (χ2v) is 5.13. The fraction of sp³-hybridized carbons (Fsp3) is 0.100. The van der Waals surface area contributed by atoms with E-state index in [0.29, 0.717) is 5.70 Å². The van der Waals surface area contributed by atoms with Crippen LogP contribution < -0.4 is 0 Å². The summed E-state index contributed by atoms with van der Waals surface area (Å²) in [7, 11) is 0. The van der Waals surface area contributed by atoms with Gasteiger partial charge in [-0.05, 0) is 17.1 Å². The van der Waals surface area contributed by atoms with Crippen LogP contribution in [0.1, 0.15) is 13.8 Å². The summed E-state index contributed by atoms with van der Waals surface area (Å²) in [4.78, 5) is 4.61. The molecule has 3 rings (SSSR count). The molecule has 0 aliphatic heterocycles. The van der Waals surface area contributed by atoms with Crippen LogP contribution in [0.15, 0.2) is 72.4 Å². The maximum absolute atomic E-state index is 8.44. The Labute approximate surface area is 156 Å². The van der Waals surface area contributed by atoms with E-state index in [-0.39, 0.29) is 25.8 Å². The van der Waals surface area contributed by atoms with Crippen LogP contribution in [0.4, 0.5) is 0 Å². The SMILES string of the molecule is CC(=[N-])/C=C(/C)[NH-].[Ir+3].[c-]1ccccc1-c1ccc2ccccc2n1. The summed E-state index contributed by atoms with van der Waals surface area (Å²) >= 11 is 0. The zero-order valence-electron chi connectivity index (χ0n) is 13.6. The Morgan fingerprint density at radius 3 is 2.33 bits per heavy atom. The summed E-state index contributed by atoms with van der Waals surface area (Å²) in [6, 6.07) is 23.4. The Kier molecular flexibility index (Phi) is 8.03. The molecule has 0 aliphatic carbocycles. The molecule has 0 atom stereocenters. The van der Waals surface area contributed by atoms with Crippen LogP contribution in [0.2, 0.25) is 0 Å². The number of fused-ring (bicyclic) bond motifs is 1. The third-order valence-electron chi connectivity index (χ3n) is 3.01. The molecular formula is C20H18IrN3. The first-order valence-electron chi connectivity index (χ1n) is 7.31. The average molecular weight is 493 g/mol. The van der Waals surface area contributed by atoms with Gasteiger partial charge in [0.2, 0.25) is 0 Å². The summed E-state index contributed by atoms with van der Waals surface area (Å²) in [5.74, 6) is 0. The molecule has 3 aromatic rings. The molecule has 0 saturated carbocycles. The molecular weight excluding hydrogens is 474 g/mol. The summed E-state index contributed by atoms with van der Waals surface area (Å²) in [6.45, 7) is 3.15. The molecule has 2 aromatic carbocycles. The van der Waals surface area contributed by atoms with E-state index in [1.54, 1.807) is 6.92 Å². The minimum Gasteiger partial charge on any atom is -0.808 e. The first-order chi connectivity index (χ1) is 11.1. The maximum atomic E-state index is 8.44. The molecule has 0 spiro atoms. The molecule has 0 radical (unpaired) electrons. The number of nitrogens with zero attached hydrogens (tertiary/aromatic N) is 2. The van der Waals surface area contributed by atoms with Gasteiger partial charge >= 0.3 is 20.1 Å². The van der Waals surface area contributed by atoms with Gasteiger partial charge in [-0.1, -0.05) is 44.2 Å². The number of rotatable bonds is 2. The summed E-state index contributed by atoms with van der Waals surface area (Å²) in [6.07, 6.45) is 1.39. The molecule has 1 N–H and O–H groups in total. The Balaban J connectivity index is 0.000000312. The topological polar surface area (TPSA) is 59.0 Å². The number of aromatic nitrogens is 1. The number of para-hydroxylation sites is 1. The third-order valence-corrected chi connectivity index (χ3v) is 3.01. The molecule has 1 aromatic heterocycles. The molecule has 0 bridgehead atoms. The van der Waals surface area contributed by atoms with Crippen molar-refractivity contribution in [2.24, 2.45) is 0 Å². The molecule has 3 nitrogen and oxygen atoms in total. The van der Waals surface area contributed by atoms with E-state index in [4.69, 9.17) is 11.1 Å². The van der Waals surface area contributed by atoms with E-state index in [9.17, 15) is 0 Å². The Morgan fingerprint density at radius 2 is 1.75 bits per heavy atom. The molecule has 1 heterocycles. The van der Waals surface area contributed by atoms with Crippen LogP contribution >= 0.6 is 0 Å². The van der Waals surface area contributed by atoms with Gasteiger partial charge in [0.25, 0.3) is 0 Å². The van der Waals surface area contributed by atoms with Crippen molar-refractivity contribution in [3.8, 4) is 11.3 Å². The maximum Gasteiger partial charge on any atom is 3.00 e. The molecule has 0 fully saturated rings. The van der Waals surface area contributed by atoms with Gasteiger partial charge in [0.1, 0.15) is 0 Å². The van der Waals surface area contributed by atoms with Crippen molar-refractivity contribution < 1.29 is 20.1 Å². The molecule has 0 aliphatic rings. The predicted octanol–water partition coefficient (Wildman–Crippen LogP) is 5.67. The Bertz CT molecular complexity index is 822. The molecule has 4 heteroatoms. The first-order valence-corrected chi connectivity index (χ1v) is 7.31. The molecule has 24 heavy (non-hydrogen) atoms. The summed E-state index contributed by atoms with van der Waals surface area (Å²) < 4.78 is 0. The van der Waals surface area contributed by atoms with E-state index in [1.165, 1.54) is 18.4 Å². The third kappa shape index (κ3) is 6.07. The minimum absolute atomic E-state index is 0. The van der Waals surface area contributed by atoms with Crippen molar-refractivity contribution in [1.82, 2.24) is 4.98 Å². The Morgan fingerprint density at radius 1 is 1.04 bits per heavy atom. The second-order valence-electron chi connectivity index (χ2n) is 5.13. The van der Waals surface area contributed by atoms with E-state index < -0.39 is 0 Å². The predicted molar refractivity (Wildman–Crippen MR) is 98.1 cm³/mol. The van der Waals surface area contributed by atoms with Crippen molar-refractivity contribution >= 4 is 16.6 Å². The smallest absolute Gasteiger partial charge is 0.808 e. The second kappa shape index (κ2) is 9.76. The summed E-state index contributed by atoms with van der Waals surface area (Å²) in [5.41, 5.74) is 10.4. The van der Waals surface area contributed by atoms with Crippen LogP contribution in [0.25, 0.3) is 33.3 Å². The van der Waals surface area contributed by atoms with Crippen LogP contribution in [0.5, 0.6) is 0 Å². The quantitative estimate of drug-likeness (QED) is 0.336. The van der Waals surface area contributed by atoms with Gasteiger partial charge in [-0.15, -0.1) is 42.0 Å². The monoisotopic (exact) mass is 493 g/mol. The van der Waals surface area contributed by atoms with Gasteiger partial charge in [0.05, 0.1) is 5.52 Å². The van der Waals surface area contributed by atoms with E-state index in [2.05, 4.69) is 23.2 Å². The van der Waals surface area contributed by atoms with Gasteiger partial charge in [0, 0.05) is 0 Å².